The molecule has 0 spiro atoms. The van der Waals surface area contributed by atoms with Gasteiger partial charge in [-0.25, -0.2) is 4.79 Å². The minimum absolute atomic E-state index is 0.0765. The van der Waals surface area contributed by atoms with E-state index in [1.54, 1.807) is 0 Å². The predicted molar refractivity (Wildman–Crippen MR) is 115 cm³/mol. The van der Waals surface area contributed by atoms with Crippen LogP contribution < -0.4 is 10.6 Å². The Labute approximate surface area is 178 Å². The molecule has 3 rings (SSSR count). The van der Waals surface area contributed by atoms with E-state index in [-0.39, 0.29) is 17.7 Å². The molecule has 1 aromatic rings. The Balaban J connectivity index is 1.54. The van der Waals surface area contributed by atoms with E-state index in [2.05, 4.69) is 10.6 Å². The standard InChI is InChI=1S/C23H33N3O4/c1-23(2,3)30-22(29)26-13-7-12-19(26)21(28)24-15-16-8-6-11-18(14-16)25-20(27)17-9-4-5-10-17/h6,8,11,14,17,19H,4-5,7,9-10,12-13,15H2,1-3H3,(H,24,28)(H,25,27)/t19-/m0/s1. The van der Waals surface area contributed by atoms with Crippen molar-refractivity contribution in [3.8, 4) is 0 Å². The van der Waals surface area contributed by atoms with Gasteiger partial charge in [0.2, 0.25) is 11.8 Å². The van der Waals surface area contributed by atoms with E-state index in [1.165, 1.54) is 4.90 Å². The van der Waals surface area contributed by atoms with Crippen molar-refractivity contribution < 1.29 is 19.1 Å². The Bertz CT molecular complexity index is 781. The largest absolute Gasteiger partial charge is 0.444 e. The lowest BCUT2D eigenvalue weighted by Gasteiger charge is -2.28. The van der Waals surface area contributed by atoms with E-state index < -0.39 is 17.7 Å². The van der Waals surface area contributed by atoms with E-state index in [0.29, 0.717) is 19.5 Å². The summed E-state index contributed by atoms with van der Waals surface area (Å²) in [6, 6.07) is 7.01. The molecule has 164 valence electrons. The number of nitrogens with zero attached hydrogens (tertiary/aromatic N) is 1. The van der Waals surface area contributed by atoms with Gasteiger partial charge in [0, 0.05) is 24.7 Å². The number of hydrogen-bond donors (Lipinski definition) is 2. The smallest absolute Gasteiger partial charge is 0.410 e. The van der Waals surface area contributed by atoms with Crippen LogP contribution in [0.3, 0.4) is 0 Å². The Morgan fingerprint density at radius 2 is 1.80 bits per heavy atom. The maximum absolute atomic E-state index is 12.7. The summed E-state index contributed by atoms with van der Waals surface area (Å²) in [6.45, 7) is 6.30. The van der Waals surface area contributed by atoms with Crippen LogP contribution in [0.4, 0.5) is 10.5 Å². The van der Waals surface area contributed by atoms with Crippen LogP contribution in [0, 0.1) is 5.92 Å². The summed E-state index contributed by atoms with van der Waals surface area (Å²) in [7, 11) is 0. The lowest BCUT2D eigenvalue weighted by atomic mass is 10.1. The number of ether oxygens (including phenoxy) is 1. The molecule has 1 aliphatic heterocycles. The van der Waals surface area contributed by atoms with Crippen molar-refractivity contribution in [1.82, 2.24) is 10.2 Å². The second kappa shape index (κ2) is 9.49. The van der Waals surface area contributed by atoms with Gasteiger partial charge in [-0.15, -0.1) is 0 Å². The van der Waals surface area contributed by atoms with Gasteiger partial charge in [-0.2, -0.15) is 0 Å². The molecule has 2 fully saturated rings. The molecule has 0 aromatic heterocycles. The Morgan fingerprint density at radius 3 is 2.50 bits per heavy atom. The van der Waals surface area contributed by atoms with Crippen LogP contribution in [0.25, 0.3) is 0 Å². The number of amides is 3. The Hall–Kier alpha value is -2.57. The molecule has 1 heterocycles. The van der Waals surface area contributed by atoms with E-state index in [4.69, 9.17) is 4.74 Å². The monoisotopic (exact) mass is 415 g/mol. The number of likely N-dealkylation sites (tertiary alicyclic amines) is 1. The second-order valence-corrected chi connectivity index (χ2v) is 9.22. The molecule has 0 radical (unpaired) electrons. The molecule has 0 unspecified atom stereocenters. The highest BCUT2D eigenvalue weighted by Gasteiger charge is 2.36. The van der Waals surface area contributed by atoms with E-state index in [9.17, 15) is 14.4 Å². The third kappa shape index (κ3) is 5.97. The van der Waals surface area contributed by atoms with Gasteiger partial charge in [-0.05, 0) is 64.2 Å². The van der Waals surface area contributed by atoms with Crippen molar-refractivity contribution in [2.75, 3.05) is 11.9 Å². The van der Waals surface area contributed by atoms with Crippen molar-refractivity contribution in [3.05, 3.63) is 29.8 Å². The first-order valence-corrected chi connectivity index (χ1v) is 10.9. The number of benzene rings is 1. The van der Waals surface area contributed by atoms with Gasteiger partial charge in [0.25, 0.3) is 0 Å². The number of carbonyl (C=O) groups is 3. The number of rotatable bonds is 5. The average Bonchev–Trinajstić information content (AvgIpc) is 3.36. The topological polar surface area (TPSA) is 87.7 Å². The highest BCUT2D eigenvalue weighted by molar-refractivity contribution is 5.92. The minimum atomic E-state index is -0.593. The van der Waals surface area contributed by atoms with Gasteiger partial charge in [-0.3, -0.25) is 14.5 Å². The molecule has 2 N–H and O–H groups in total. The molecule has 7 heteroatoms. The highest BCUT2D eigenvalue weighted by Crippen LogP contribution is 2.26. The molecule has 1 atom stereocenters. The summed E-state index contributed by atoms with van der Waals surface area (Å²) < 4.78 is 5.43. The summed E-state index contributed by atoms with van der Waals surface area (Å²) in [5.41, 5.74) is 1.05. The summed E-state index contributed by atoms with van der Waals surface area (Å²) in [4.78, 5) is 38.9. The van der Waals surface area contributed by atoms with E-state index in [0.717, 1.165) is 43.4 Å². The van der Waals surface area contributed by atoms with Gasteiger partial charge < -0.3 is 15.4 Å². The fourth-order valence-electron chi connectivity index (χ4n) is 4.08. The van der Waals surface area contributed by atoms with E-state index >= 15 is 0 Å². The van der Waals surface area contributed by atoms with Gasteiger partial charge in [0.1, 0.15) is 11.6 Å². The van der Waals surface area contributed by atoms with Gasteiger partial charge >= 0.3 is 6.09 Å². The number of carbonyl (C=O) groups excluding carboxylic acids is 3. The SMILES string of the molecule is CC(C)(C)OC(=O)N1CCC[C@H]1C(=O)NCc1cccc(NC(=O)C2CCCC2)c1. The van der Waals surface area contributed by atoms with Crippen LogP contribution in [0.15, 0.2) is 24.3 Å². The van der Waals surface area contributed by atoms with Crippen LogP contribution in [-0.4, -0.2) is 41.0 Å². The van der Waals surface area contributed by atoms with Crippen molar-refractivity contribution in [1.29, 1.82) is 0 Å². The van der Waals surface area contributed by atoms with Crippen LogP contribution in [0.1, 0.15) is 64.9 Å². The average molecular weight is 416 g/mol. The predicted octanol–water partition coefficient (Wildman–Crippen LogP) is 3.83. The van der Waals surface area contributed by atoms with Crippen molar-refractivity contribution in [2.45, 2.75) is 77.5 Å². The fourth-order valence-corrected chi connectivity index (χ4v) is 4.08. The van der Waals surface area contributed by atoms with Crippen LogP contribution in [0.2, 0.25) is 0 Å². The Kier molecular flexibility index (Phi) is 7.00. The number of anilines is 1. The molecule has 0 bridgehead atoms. The Morgan fingerprint density at radius 1 is 1.07 bits per heavy atom. The van der Waals surface area contributed by atoms with Gasteiger partial charge in [0.05, 0.1) is 0 Å². The molecule has 3 amide bonds. The first-order valence-electron chi connectivity index (χ1n) is 10.9. The molecule has 7 nitrogen and oxygen atoms in total. The van der Waals surface area contributed by atoms with Crippen molar-refractivity contribution >= 4 is 23.6 Å². The first-order chi connectivity index (χ1) is 14.2. The molecular weight excluding hydrogens is 382 g/mol. The van der Waals surface area contributed by atoms with Crippen LogP contribution in [0.5, 0.6) is 0 Å². The zero-order valence-corrected chi connectivity index (χ0v) is 18.2. The maximum Gasteiger partial charge on any atom is 0.410 e. The molecule has 1 saturated heterocycles. The normalized spacial score (nSPS) is 19.6. The zero-order valence-electron chi connectivity index (χ0n) is 18.2. The van der Waals surface area contributed by atoms with Crippen LogP contribution >= 0.6 is 0 Å². The lowest BCUT2D eigenvalue weighted by Crippen LogP contribution is -2.47. The summed E-state index contributed by atoms with van der Waals surface area (Å²) >= 11 is 0. The molecule has 1 saturated carbocycles. The number of nitrogens with one attached hydrogen (secondary N) is 2. The second-order valence-electron chi connectivity index (χ2n) is 9.22. The van der Waals surface area contributed by atoms with Gasteiger partial charge in [0.15, 0.2) is 0 Å². The molecular formula is C23H33N3O4. The third-order valence-corrected chi connectivity index (χ3v) is 5.57. The number of hydrogen-bond acceptors (Lipinski definition) is 4. The first kappa shape index (κ1) is 22.1. The molecule has 1 aliphatic carbocycles. The fraction of sp³-hybridized carbons (Fsp3) is 0.609. The molecule has 2 aliphatic rings. The van der Waals surface area contributed by atoms with Crippen molar-refractivity contribution in [3.63, 3.8) is 0 Å². The molecule has 30 heavy (non-hydrogen) atoms. The quantitative estimate of drug-likeness (QED) is 0.765. The third-order valence-electron chi connectivity index (χ3n) is 5.57. The highest BCUT2D eigenvalue weighted by atomic mass is 16.6. The van der Waals surface area contributed by atoms with E-state index in [1.807, 2.05) is 45.0 Å². The lowest BCUT2D eigenvalue weighted by molar-refractivity contribution is -0.125. The summed E-state index contributed by atoms with van der Waals surface area (Å²) in [5, 5.41) is 5.91. The minimum Gasteiger partial charge on any atom is -0.444 e. The summed E-state index contributed by atoms with van der Waals surface area (Å²) in [6.07, 6.45) is 5.10. The molecule has 1 aromatic carbocycles. The van der Waals surface area contributed by atoms with Crippen molar-refractivity contribution in [2.24, 2.45) is 5.92 Å². The van der Waals surface area contributed by atoms with Crippen LogP contribution in [-0.2, 0) is 20.9 Å². The van der Waals surface area contributed by atoms with Gasteiger partial charge in [-0.1, -0.05) is 25.0 Å². The maximum atomic E-state index is 12.7. The summed E-state index contributed by atoms with van der Waals surface area (Å²) in [5.74, 6) is 0.000889. The zero-order chi connectivity index (χ0) is 21.7.